The first-order valence-corrected chi connectivity index (χ1v) is 6.55. The molecule has 0 spiro atoms. The Hall–Kier alpha value is -1.01. The summed E-state index contributed by atoms with van der Waals surface area (Å²) in [6, 6.07) is 1.50. The van der Waals surface area contributed by atoms with Gasteiger partial charge in [-0.3, -0.25) is 4.90 Å². The fourth-order valence-corrected chi connectivity index (χ4v) is 3.51. The van der Waals surface area contributed by atoms with Gasteiger partial charge >= 0.3 is 5.97 Å². The molecule has 1 aromatic heterocycles. The SMILES string of the molecule is CC1CN(Cc2cc(C(=O)O)no2)CC(C)S1. The molecule has 1 fully saturated rings. The van der Waals surface area contributed by atoms with E-state index in [1.807, 2.05) is 11.8 Å². The van der Waals surface area contributed by atoms with Gasteiger partial charge in [-0.2, -0.15) is 11.8 Å². The Balaban J connectivity index is 1.97. The Morgan fingerprint density at radius 3 is 2.76 bits per heavy atom. The predicted molar refractivity (Wildman–Crippen MR) is 65.3 cm³/mol. The van der Waals surface area contributed by atoms with Gasteiger partial charge in [-0.15, -0.1) is 0 Å². The molecular formula is C11H16N2O3S. The number of carboxylic acid groups (broad SMARTS) is 1. The van der Waals surface area contributed by atoms with Crippen molar-refractivity contribution >= 4 is 17.7 Å². The average molecular weight is 256 g/mol. The lowest BCUT2D eigenvalue weighted by Gasteiger charge is -2.33. The highest BCUT2D eigenvalue weighted by Gasteiger charge is 2.23. The summed E-state index contributed by atoms with van der Waals surface area (Å²) >= 11 is 1.98. The van der Waals surface area contributed by atoms with Crippen LogP contribution in [0.4, 0.5) is 0 Å². The highest BCUT2D eigenvalue weighted by molar-refractivity contribution is 8.00. The molecule has 2 rings (SSSR count). The van der Waals surface area contributed by atoms with Crippen molar-refractivity contribution in [3.63, 3.8) is 0 Å². The van der Waals surface area contributed by atoms with Crippen LogP contribution in [0.2, 0.25) is 0 Å². The van der Waals surface area contributed by atoms with Crippen molar-refractivity contribution in [1.29, 1.82) is 0 Å². The zero-order chi connectivity index (χ0) is 12.4. The minimum Gasteiger partial charge on any atom is -0.476 e. The third-order valence-corrected chi connectivity index (χ3v) is 3.88. The summed E-state index contributed by atoms with van der Waals surface area (Å²) in [7, 11) is 0. The van der Waals surface area contributed by atoms with E-state index in [9.17, 15) is 4.79 Å². The van der Waals surface area contributed by atoms with Gasteiger partial charge in [0, 0.05) is 29.7 Å². The Kier molecular flexibility index (Phi) is 3.73. The highest BCUT2D eigenvalue weighted by Crippen LogP contribution is 2.25. The van der Waals surface area contributed by atoms with Crippen LogP contribution in [0.3, 0.4) is 0 Å². The van der Waals surface area contributed by atoms with Crippen molar-refractivity contribution in [2.75, 3.05) is 13.1 Å². The van der Waals surface area contributed by atoms with Crippen molar-refractivity contribution < 1.29 is 14.4 Å². The summed E-state index contributed by atoms with van der Waals surface area (Å²) < 4.78 is 5.02. The van der Waals surface area contributed by atoms with Gasteiger partial charge in [0.25, 0.3) is 0 Å². The number of carboxylic acids is 1. The lowest BCUT2D eigenvalue weighted by Crippen LogP contribution is -2.39. The van der Waals surface area contributed by atoms with Gasteiger partial charge < -0.3 is 9.63 Å². The smallest absolute Gasteiger partial charge is 0.358 e. The van der Waals surface area contributed by atoms with Gasteiger partial charge in [-0.1, -0.05) is 19.0 Å². The van der Waals surface area contributed by atoms with E-state index < -0.39 is 5.97 Å². The minimum atomic E-state index is -1.05. The van der Waals surface area contributed by atoms with Crippen molar-refractivity contribution in [3.8, 4) is 0 Å². The number of nitrogens with zero attached hydrogens (tertiary/aromatic N) is 2. The van der Waals surface area contributed by atoms with Crippen LogP contribution in [0.25, 0.3) is 0 Å². The normalized spacial score (nSPS) is 26.0. The maximum Gasteiger partial charge on any atom is 0.358 e. The van der Waals surface area contributed by atoms with E-state index in [1.165, 1.54) is 6.07 Å². The molecule has 2 heterocycles. The van der Waals surface area contributed by atoms with Crippen LogP contribution in [-0.2, 0) is 6.54 Å². The molecule has 94 valence electrons. The number of hydrogen-bond acceptors (Lipinski definition) is 5. The van der Waals surface area contributed by atoms with E-state index in [2.05, 4.69) is 23.9 Å². The fraction of sp³-hybridized carbons (Fsp3) is 0.636. The average Bonchev–Trinajstić information content (AvgIpc) is 2.64. The Morgan fingerprint density at radius 1 is 1.59 bits per heavy atom. The van der Waals surface area contributed by atoms with Gasteiger partial charge in [-0.25, -0.2) is 4.79 Å². The predicted octanol–water partition coefficient (Wildman–Crippen LogP) is 1.70. The second-order valence-corrected chi connectivity index (χ2v) is 6.32. The molecular weight excluding hydrogens is 240 g/mol. The first kappa shape index (κ1) is 12.4. The second-order valence-electron chi connectivity index (χ2n) is 4.44. The van der Waals surface area contributed by atoms with Gasteiger partial charge in [0.1, 0.15) is 0 Å². The third kappa shape index (κ3) is 3.23. The van der Waals surface area contributed by atoms with Crippen LogP contribution in [0.5, 0.6) is 0 Å². The van der Waals surface area contributed by atoms with E-state index in [0.717, 1.165) is 13.1 Å². The van der Waals surface area contributed by atoms with Crippen molar-refractivity contribution in [2.45, 2.75) is 30.9 Å². The molecule has 0 aliphatic carbocycles. The summed E-state index contributed by atoms with van der Waals surface area (Å²) in [4.78, 5) is 12.9. The van der Waals surface area contributed by atoms with Crippen LogP contribution >= 0.6 is 11.8 Å². The quantitative estimate of drug-likeness (QED) is 0.888. The molecule has 0 saturated carbocycles. The lowest BCUT2D eigenvalue weighted by atomic mass is 10.3. The highest BCUT2D eigenvalue weighted by atomic mass is 32.2. The molecule has 1 aliphatic rings. The first-order chi connectivity index (χ1) is 8.04. The molecule has 2 atom stereocenters. The van der Waals surface area contributed by atoms with Gasteiger partial charge in [0.15, 0.2) is 11.5 Å². The number of thioether (sulfide) groups is 1. The summed E-state index contributed by atoms with van der Waals surface area (Å²) in [6.45, 7) is 7.04. The summed E-state index contributed by atoms with van der Waals surface area (Å²) in [5.74, 6) is -0.426. The largest absolute Gasteiger partial charge is 0.476 e. The Labute approximate surface area is 104 Å². The zero-order valence-corrected chi connectivity index (χ0v) is 10.7. The topological polar surface area (TPSA) is 66.6 Å². The van der Waals surface area contributed by atoms with Crippen LogP contribution in [0.1, 0.15) is 30.1 Å². The maximum absolute atomic E-state index is 10.7. The Bertz CT molecular complexity index is 397. The molecule has 1 N–H and O–H groups in total. The molecule has 6 heteroatoms. The van der Waals surface area contributed by atoms with Crippen LogP contribution < -0.4 is 0 Å². The van der Waals surface area contributed by atoms with Crippen molar-refractivity contribution in [1.82, 2.24) is 10.1 Å². The molecule has 0 bridgehead atoms. The fourth-order valence-electron chi connectivity index (χ4n) is 2.12. The van der Waals surface area contributed by atoms with E-state index >= 15 is 0 Å². The van der Waals surface area contributed by atoms with E-state index in [4.69, 9.17) is 9.63 Å². The number of carbonyl (C=O) groups is 1. The van der Waals surface area contributed by atoms with Crippen molar-refractivity contribution in [3.05, 3.63) is 17.5 Å². The van der Waals surface area contributed by atoms with Gasteiger partial charge in [0.05, 0.1) is 6.54 Å². The van der Waals surface area contributed by atoms with E-state index in [0.29, 0.717) is 22.8 Å². The number of aromatic nitrogens is 1. The Morgan fingerprint density at radius 2 is 2.24 bits per heavy atom. The molecule has 1 aliphatic heterocycles. The molecule has 0 aromatic carbocycles. The standard InChI is InChI=1S/C11H16N2O3S/c1-7-4-13(5-8(2)17-7)6-9-3-10(11(14)15)12-16-9/h3,7-8H,4-6H2,1-2H3,(H,14,15). The second kappa shape index (κ2) is 5.10. The third-order valence-electron chi connectivity index (χ3n) is 2.65. The molecule has 2 unspecified atom stereocenters. The van der Waals surface area contributed by atoms with Crippen LogP contribution in [-0.4, -0.2) is 44.7 Å². The first-order valence-electron chi connectivity index (χ1n) is 5.61. The van der Waals surface area contributed by atoms with Gasteiger partial charge in [0.2, 0.25) is 0 Å². The summed E-state index contributed by atoms with van der Waals surface area (Å²) in [5.41, 5.74) is -0.0209. The molecule has 0 radical (unpaired) electrons. The molecule has 1 aromatic rings. The summed E-state index contributed by atoms with van der Waals surface area (Å²) in [6.07, 6.45) is 0. The molecule has 5 nitrogen and oxygen atoms in total. The summed E-state index contributed by atoms with van der Waals surface area (Å²) in [5, 5.41) is 13.5. The molecule has 0 amide bonds. The molecule has 17 heavy (non-hydrogen) atoms. The van der Waals surface area contributed by atoms with Crippen LogP contribution in [0, 0.1) is 0 Å². The monoisotopic (exact) mass is 256 g/mol. The number of hydrogen-bond donors (Lipinski definition) is 1. The molecule has 1 saturated heterocycles. The minimum absolute atomic E-state index is 0.0209. The maximum atomic E-state index is 10.7. The van der Waals surface area contributed by atoms with Crippen molar-refractivity contribution in [2.24, 2.45) is 0 Å². The zero-order valence-electron chi connectivity index (χ0n) is 9.92. The number of aromatic carboxylic acids is 1. The van der Waals surface area contributed by atoms with Crippen LogP contribution in [0.15, 0.2) is 10.6 Å². The lowest BCUT2D eigenvalue weighted by molar-refractivity contribution is 0.0685. The van der Waals surface area contributed by atoms with E-state index in [1.54, 1.807) is 0 Å². The van der Waals surface area contributed by atoms with Gasteiger partial charge in [-0.05, 0) is 0 Å². The van der Waals surface area contributed by atoms with E-state index in [-0.39, 0.29) is 5.69 Å². The number of rotatable bonds is 3.